The van der Waals surface area contributed by atoms with Crippen LogP contribution in [0.3, 0.4) is 0 Å². The zero-order chi connectivity index (χ0) is 10.6. The Morgan fingerprint density at radius 2 is 2.43 bits per heavy atom. The third-order valence-corrected chi connectivity index (χ3v) is 2.82. The molecule has 0 atom stereocenters. The van der Waals surface area contributed by atoms with Crippen molar-refractivity contribution in [2.45, 2.75) is 25.8 Å². The predicted molar refractivity (Wildman–Crippen MR) is 59.9 cm³/mol. The van der Waals surface area contributed by atoms with Crippen LogP contribution >= 0.6 is 27.5 Å². The second kappa shape index (κ2) is 4.84. The van der Waals surface area contributed by atoms with E-state index in [4.69, 9.17) is 0 Å². The quantitative estimate of drug-likeness (QED) is 0.855. The number of hydrogen-bond acceptors (Lipinski definition) is 4. The minimum atomic E-state index is -0.204. The molecule has 0 aliphatic carbocycles. The third-order valence-electron chi connectivity index (χ3n) is 1.76. The van der Waals surface area contributed by atoms with E-state index in [-0.39, 0.29) is 11.4 Å². The molecular weight excluding hydrogens is 266 g/mol. The van der Waals surface area contributed by atoms with E-state index in [1.54, 1.807) is 0 Å². The molecule has 6 heteroatoms. The topological polar surface area (TPSA) is 54.9 Å². The van der Waals surface area contributed by atoms with Crippen LogP contribution in [0.5, 0.6) is 0 Å². The summed E-state index contributed by atoms with van der Waals surface area (Å²) < 4.78 is 3.64. The van der Waals surface area contributed by atoms with Gasteiger partial charge in [0.05, 0.1) is 6.20 Å². The molecule has 1 rings (SSSR count). The van der Waals surface area contributed by atoms with E-state index in [0.29, 0.717) is 4.88 Å². The van der Waals surface area contributed by atoms with Gasteiger partial charge < -0.3 is 5.32 Å². The van der Waals surface area contributed by atoms with E-state index >= 15 is 0 Å². The Kier molecular flexibility index (Phi) is 4.00. The summed E-state index contributed by atoms with van der Waals surface area (Å²) >= 11 is 4.46. The molecule has 0 bridgehead atoms. The van der Waals surface area contributed by atoms with Gasteiger partial charge in [0.25, 0.3) is 5.91 Å². The molecular formula is C8H12BrN3OS. The number of nitrogens with one attached hydrogen (secondary N) is 1. The second-order valence-corrected chi connectivity index (χ2v) is 5.14. The molecule has 0 aliphatic rings. The molecule has 0 radical (unpaired) electrons. The number of halogens is 1. The number of aromatic nitrogens is 2. The van der Waals surface area contributed by atoms with Gasteiger partial charge in [0.2, 0.25) is 0 Å². The molecule has 0 aromatic carbocycles. The van der Waals surface area contributed by atoms with Crippen LogP contribution in [-0.2, 0) is 0 Å². The van der Waals surface area contributed by atoms with Gasteiger partial charge in [-0.3, -0.25) is 4.79 Å². The van der Waals surface area contributed by atoms with Crippen LogP contribution in [0.2, 0.25) is 0 Å². The first-order valence-corrected chi connectivity index (χ1v) is 6.10. The third kappa shape index (κ3) is 3.34. The molecule has 1 aromatic heterocycles. The zero-order valence-electron chi connectivity index (χ0n) is 8.08. The standard InChI is InChI=1S/C8H12BrN3OS/c1-8(2,3-4-9)11-7(13)6-5-10-12-14-6/h5H,3-4H2,1-2H3,(H,11,13). The average molecular weight is 278 g/mol. The highest BCUT2D eigenvalue weighted by atomic mass is 79.9. The van der Waals surface area contributed by atoms with Crippen molar-refractivity contribution in [3.8, 4) is 0 Å². The van der Waals surface area contributed by atoms with Gasteiger partial charge in [-0.1, -0.05) is 20.4 Å². The van der Waals surface area contributed by atoms with Crippen LogP contribution in [-0.4, -0.2) is 26.4 Å². The number of carbonyl (C=O) groups excluding carboxylic acids is 1. The van der Waals surface area contributed by atoms with E-state index in [0.717, 1.165) is 23.3 Å². The van der Waals surface area contributed by atoms with Gasteiger partial charge in [-0.15, -0.1) is 5.10 Å². The number of carbonyl (C=O) groups is 1. The van der Waals surface area contributed by atoms with Gasteiger partial charge in [0, 0.05) is 10.9 Å². The monoisotopic (exact) mass is 277 g/mol. The number of nitrogens with zero attached hydrogens (tertiary/aromatic N) is 2. The fraction of sp³-hybridized carbons (Fsp3) is 0.625. The van der Waals surface area contributed by atoms with Crippen LogP contribution in [0.1, 0.15) is 29.9 Å². The molecule has 0 saturated carbocycles. The highest BCUT2D eigenvalue weighted by Gasteiger charge is 2.21. The maximum absolute atomic E-state index is 11.6. The molecule has 1 aromatic rings. The molecule has 1 heterocycles. The lowest BCUT2D eigenvalue weighted by molar-refractivity contribution is 0.0916. The molecule has 78 valence electrons. The van der Waals surface area contributed by atoms with E-state index in [2.05, 4.69) is 30.8 Å². The summed E-state index contributed by atoms with van der Waals surface area (Å²) in [7, 11) is 0. The van der Waals surface area contributed by atoms with Crippen molar-refractivity contribution in [3.05, 3.63) is 11.1 Å². The minimum Gasteiger partial charge on any atom is -0.346 e. The van der Waals surface area contributed by atoms with Crippen LogP contribution < -0.4 is 5.32 Å². The van der Waals surface area contributed by atoms with Crippen LogP contribution in [0.15, 0.2) is 6.20 Å². The smallest absolute Gasteiger partial charge is 0.265 e. The van der Waals surface area contributed by atoms with Gasteiger partial charge in [-0.25, -0.2) is 0 Å². The lowest BCUT2D eigenvalue weighted by Crippen LogP contribution is -2.43. The van der Waals surface area contributed by atoms with Gasteiger partial charge in [0.1, 0.15) is 4.88 Å². The van der Waals surface area contributed by atoms with E-state index in [1.807, 2.05) is 13.8 Å². The van der Waals surface area contributed by atoms with E-state index in [9.17, 15) is 4.79 Å². The largest absolute Gasteiger partial charge is 0.346 e. The van der Waals surface area contributed by atoms with Crippen molar-refractivity contribution in [2.24, 2.45) is 0 Å². The van der Waals surface area contributed by atoms with Crippen LogP contribution in [0, 0.1) is 0 Å². The summed E-state index contributed by atoms with van der Waals surface area (Å²) in [6.07, 6.45) is 2.36. The maximum atomic E-state index is 11.6. The molecule has 0 saturated heterocycles. The first-order chi connectivity index (χ1) is 6.55. The number of hydrogen-bond donors (Lipinski definition) is 1. The van der Waals surface area contributed by atoms with Gasteiger partial charge >= 0.3 is 0 Å². The lowest BCUT2D eigenvalue weighted by atomic mass is 10.0. The Morgan fingerprint density at radius 3 is 2.93 bits per heavy atom. The van der Waals surface area contributed by atoms with Crippen molar-refractivity contribution < 1.29 is 4.79 Å². The summed E-state index contributed by atoms with van der Waals surface area (Å²) in [5.74, 6) is -0.106. The normalized spacial score (nSPS) is 11.4. The summed E-state index contributed by atoms with van der Waals surface area (Å²) in [6.45, 7) is 3.97. The fourth-order valence-corrected chi connectivity index (χ4v) is 2.34. The number of rotatable bonds is 4. The minimum absolute atomic E-state index is 0.106. The predicted octanol–water partition coefficient (Wildman–Crippen LogP) is 1.83. The van der Waals surface area contributed by atoms with Gasteiger partial charge in [-0.2, -0.15) is 0 Å². The summed E-state index contributed by atoms with van der Waals surface area (Å²) in [5.41, 5.74) is -0.204. The first-order valence-electron chi connectivity index (χ1n) is 4.21. The van der Waals surface area contributed by atoms with E-state index < -0.39 is 0 Å². The molecule has 14 heavy (non-hydrogen) atoms. The Hall–Kier alpha value is -0.490. The van der Waals surface area contributed by atoms with E-state index in [1.165, 1.54) is 6.20 Å². The van der Waals surface area contributed by atoms with Gasteiger partial charge in [-0.05, 0) is 31.8 Å². The summed E-state index contributed by atoms with van der Waals surface area (Å²) in [5, 5.41) is 7.40. The van der Waals surface area contributed by atoms with Crippen LogP contribution in [0.25, 0.3) is 0 Å². The molecule has 1 N–H and O–H groups in total. The first kappa shape index (κ1) is 11.6. The second-order valence-electron chi connectivity index (χ2n) is 3.56. The summed E-state index contributed by atoms with van der Waals surface area (Å²) in [4.78, 5) is 12.1. The average Bonchev–Trinajstić information content (AvgIpc) is 2.53. The highest BCUT2D eigenvalue weighted by molar-refractivity contribution is 9.09. The fourth-order valence-electron chi connectivity index (χ4n) is 0.935. The summed E-state index contributed by atoms with van der Waals surface area (Å²) in [6, 6.07) is 0. The van der Waals surface area contributed by atoms with Gasteiger partial charge in [0.15, 0.2) is 0 Å². The van der Waals surface area contributed by atoms with Crippen LogP contribution in [0.4, 0.5) is 0 Å². The Bertz CT molecular complexity index is 300. The molecule has 0 unspecified atom stereocenters. The molecule has 4 nitrogen and oxygen atoms in total. The Morgan fingerprint density at radius 1 is 1.71 bits per heavy atom. The SMILES string of the molecule is CC(C)(CCBr)NC(=O)c1cnns1. The van der Waals surface area contributed by atoms with Crippen molar-refractivity contribution in [1.29, 1.82) is 0 Å². The lowest BCUT2D eigenvalue weighted by Gasteiger charge is -2.24. The Balaban J connectivity index is 2.57. The number of amides is 1. The zero-order valence-corrected chi connectivity index (χ0v) is 10.5. The Labute approximate surface area is 95.4 Å². The van der Waals surface area contributed by atoms with Crippen molar-refractivity contribution in [2.75, 3.05) is 5.33 Å². The van der Waals surface area contributed by atoms with Crippen molar-refractivity contribution in [1.82, 2.24) is 14.9 Å². The van der Waals surface area contributed by atoms with Crippen molar-refractivity contribution in [3.63, 3.8) is 0 Å². The number of alkyl halides is 1. The molecule has 0 fully saturated rings. The highest BCUT2D eigenvalue weighted by Crippen LogP contribution is 2.12. The van der Waals surface area contributed by atoms with Crippen molar-refractivity contribution >= 4 is 33.4 Å². The molecule has 0 aliphatic heterocycles. The molecule has 0 spiro atoms. The maximum Gasteiger partial charge on any atom is 0.265 e. The molecule has 1 amide bonds.